The molecule has 1 N–H and O–H groups in total. The number of nitrogens with one attached hydrogen (secondary N) is 1. The zero-order valence-electron chi connectivity index (χ0n) is 16.7. The second-order valence-electron chi connectivity index (χ2n) is 7.01. The van der Waals surface area contributed by atoms with E-state index in [1.165, 1.54) is 6.33 Å². The number of H-pyrrole nitrogens is 1. The monoisotopic (exact) mass is 393 g/mol. The van der Waals surface area contributed by atoms with Gasteiger partial charge in [0.1, 0.15) is 23.7 Å². The van der Waals surface area contributed by atoms with Crippen LogP contribution >= 0.6 is 0 Å². The van der Waals surface area contributed by atoms with Crippen LogP contribution in [-0.2, 0) is 19.5 Å². The smallest absolute Gasteiger partial charge is 0.255 e. The van der Waals surface area contributed by atoms with Crippen LogP contribution in [-0.4, -0.2) is 45.6 Å². The van der Waals surface area contributed by atoms with Gasteiger partial charge in [-0.05, 0) is 13.0 Å². The summed E-state index contributed by atoms with van der Waals surface area (Å²) >= 11 is 0. The molecular formula is C21H23N5O3. The lowest BCUT2D eigenvalue weighted by Gasteiger charge is -2.28. The molecule has 0 saturated heterocycles. The molecule has 0 bridgehead atoms. The summed E-state index contributed by atoms with van der Waals surface area (Å²) in [7, 11) is 3.32. The molecule has 29 heavy (non-hydrogen) atoms. The molecule has 4 rings (SSSR count). The summed E-state index contributed by atoms with van der Waals surface area (Å²) < 4.78 is 11.0. The Morgan fingerprint density at radius 2 is 1.97 bits per heavy atom. The molecule has 0 amide bonds. The number of methoxy groups -OCH3 is 2. The number of nitrogens with zero attached hydrogens (tertiary/aromatic N) is 4. The molecule has 0 radical (unpaired) electrons. The van der Waals surface area contributed by atoms with E-state index in [4.69, 9.17) is 9.47 Å². The molecular weight excluding hydrogens is 370 g/mol. The number of rotatable bonds is 5. The van der Waals surface area contributed by atoms with Crippen LogP contribution in [0.2, 0.25) is 0 Å². The van der Waals surface area contributed by atoms with E-state index in [2.05, 4.69) is 24.8 Å². The van der Waals surface area contributed by atoms with Gasteiger partial charge in [0.25, 0.3) is 5.56 Å². The van der Waals surface area contributed by atoms with Gasteiger partial charge in [0.05, 0.1) is 31.0 Å². The van der Waals surface area contributed by atoms with Crippen molar-refractivity contribution in [1.82, 2.24) is 24.8 Å². The van der Waals surface area contributed by atoms with E-state index in [1.807, 2.05) is 19.1 Å². The lowest BCUT2D eigenvalue weighted by Crippen LogP contribution is -2.35. The number of aromatic nitrogens is 4. The molecule has 1 aromatic carbocycles. The predicted octanol–water partition coefficient (Wildman–Crippen LogP) is 2.11. The van der Waals surface area contributed by atoms with Crippen molar-refractivity contribution in [2.75, 3.05) is 20.8 Å². The minimum absolute atomic E-state index is 0.114. The van der Waals surface area contributed by atoms with Gasteiger partial charge >= 0.3 is 0 Å². The highest BCUT2D eigenvalue weighted by atomic mass is 16.5. The van der Waals surface area contributed by atoms with Gasteiger partial charge in [-0.2, -0.15) is 0 Å². The lowest BCUT2D eigenvalue weighted by atomic mass is 10.0. The first-order valence-corrected chi connectivity index (χ1v) is 9.41. The largest absolute Gasteiger partial charge is 0.496 e. The highest BCUT2D eigenvalue weighted by Gasteiger charge is 2.23. The first kappa shape index (κ1) is 19.1. The fourth-order valence-electron chi connectivity index (χ4n) is 3.77. The maximum Gasteiger partial charge on any atom is 0.255 e. The summed E-state index contributed by atoms with van der Waals surface area (Å²) in [5, 5.41) is 0. The van der Waals surface area contributed by atoms with E-state index in [9.17, 15) is 4.79 Å². The van der Waals surface area contributed by atoms with Crippen LogP contribution in [0.1, 0.15) is 22.4 Å². The third-order valence-electron chi connectivity index (χ3n) is 5.24. The van der Waals surface area contributed by atoms with Gasteiger partial charge in [-0.1, -0.05) is 6.07 Å². The van der Waals surface area contributed by atoms with Crippen molar-refractivity contribution in [3.05, 3.63) is 63.6 Å². The summed E-state index contributed by atoms with van der Waals surface area (Å²) in [5.41, 5.74) is 4.17. The summed E-state index contributed by atoms with van der Waals surface area (Å²) in [6, 6.07) is 3.97. The molecule has 0 aliphatic carbocycles. The molecule has 3 aromatic rings. The van der Waals surface area contributed by atoms with Gasteiger partial charge in [-0.15, -0.1) is 0 Å². The molecule has 0 saturated carbocycles. The van der Waals surface area contributed by atoms with Crippen LogP contribution in [0.5, 0.6) is 11.5 Å². The fourth-order valence-corrected chi connectivity index (χ4v) is 3.77. The van der Waals surface area contributed by atoms with E-state index in [0.29, 0.717) is 36.5 Å². The number of aromatic amines is 1. The normalized spacial score (nSPS) is 13.8. The summed E-state index contributed by atoms with van der Waals surface area (Å²) in [6.45, 7) is 4.01. The average Bonchev–Trinajstić information content (AvgIpc) is 2.75. The van der Waals surface area contributed by atoms with Crippen LogP contribution < -0.4 is 15.0 Å². The van der Waals surface area contributed by atoms with Crippen molar-refractivity contribution in [1.29, 1.82) is 0 Å². The van der Waals surface area contributed by atoms with Crippen LogP contribution in [0.25, 0.3) is 11.4 Å². The first-order chi connectivity index (χ1) is 14.1. The fraction of sp³-hybridized carbons (Fsp3) is 0.333. The molecule has 8 heteroatoms. The predicted molar refractivity (Wildman–Crippen MR) is 108 cm³/mol. The molecule has 1 aliphatic heterocycles. The zero-order chi connectivity index (χ0) is 20.4. The van der Waals surface area contributed by atoms with E-state index < -0.39 is 0 Å². The first-order valence-electron chi connectivity index (χ1n) is 9.41. The number of hydrogen-bond donors (Lipinski definition) is 1. The summed E-state index contributed by atoms with van der Waals surface area (Å²) in [5.74, 6) is 2.13. The van der Waals surface area contributed by atoms with E-state index >= 15 is 0 Å². The molecule has 3 heterocycles. The van der Waals surface area contributed by atoms with Crippen molar-refractivity contribution in [2.45, 2.75) is 26.4 Å². The molecule has 0 unspecified atom stereocenters. The molecule has 8 nitrogen and oxygen atoms in total. The number of fused-ring (bicyclic) bond motifs is 1. The third-order valence-corrected chi connectivity index (χ3v) is 5.24. The van der Waals surface area contributed by atoms with Crippen LogP contribution in [0.4, 0.5) is 0 Å². The number of hydrogen-bond acceptors (Lipinski definition) is 7. The second-order valence-corrected chi connectivity index (χ2v) is 7.01. The second kappa shape index (κ2) is 8.00. The Hall–Kier alpha value is -3.26. The van der Waals surface area contributed by atoms with Gasteiger partial charge in [-0.25, -0.2) is 15.0 Å². The quantitative estimate of drug-likeness (QED) is 0.710. The number of ether oxygens (including phenoxy) is 2. The topological polar surface area (TPSA) is 93.2 Å². The molecule has 0 spiro atoms. The SMILES string of the molecule is COc1ccc(CN2CCc3nc(-c4cncnc4)[nH]c(=O)c3C2)c(OC)c1C. The van der Waals surface area contributed by atoms with E-state index in [1.54, 1.807) is 26.6 Å². The van der Waals surface area contributed by atoms with E-state index in [-0.39, 0.29) is 5.56 Å². The third kappa shape index (κ3) is 3.71. The molecule has 0 atom stereocenters. The molecule has 1 aliphatic rings. The van der Waals surface area contributed by atoms with Crippen molar-refractivity contribution in [2.24, 2.45) is 0 Å². The Morgan fingerprint density at radius 3 is 2.69 bits per heavy atom. The molecule has 150 valence electrons. The van der Waals surface area contributed by atoms with Gasteiger partial charge in [0.15, 0.2) is 0 Å². The molecule has 0 fully saturated rings. The van der Waals surface area contributed by atoms with Crippen LogP contribution in [0.3, 0.4) is 0 Å². The molecule has 2 aromatic heterocycles. The number of benzene rings is 1. The maximum absolute atomic E-state index is 12.7. The van der Waals surface area contributed by atoms with Gasteiger partial charge in [0, 0.05) is 49.6 Å². The zero-order valence-corrected chi connectivity index (χ0v) is 16.7. The minimum Gasteiger partial charge on any atom is -0.496 e. The van der Waals surface area contributed by atoms with Crippen LogP contribution in [0, 0.1) is 6.92 Å². The standard InChI is InChI=1S/C21H23N5O3/c1-13-18(28-2)5-4-14(19(13)29-3)10-26-7-6-17-16(11-26)21(27)25-20(24-17)15-8-22-12-23-9-15/h4-5,8-9,12H,6-7,10-11H2,1-3H3,(H,24,25,27). The van der Waals surface area contributed by atoms with Crippen LogP contribution in [0.15, 0.2) is 35.6 Å². The maximum atomic E-state index is 12.7. The minimum atomic E-state index is -0.114. The Morgan fingerprint density at radius 1 is 1.17 bits per heavy atom. The highest BCUT2D eigenvalue weighted by molar-refractivity contribution is 5.52. The van der Waals surface area contributed by atoms with Gasteiger partial charge < -0.3 is 14.5 Å². The Bertz CT molecular complexity index is 1080. The average molecular weight is 393 g/mol. The van der Waals surface area contributed by atoms with Crippen molar-refractivity contribution in [3.8, 4) is 22.9 Å². The highest BCUT2D eigenvalue weighted by Crippen LogP contribution is 2.32. The Balaban J connectivity index is 1.59. The lowest BCUT2D eigenvalue weighted by molar-refractivity contribution is 0.238. The Labute approximate surface area is 168 Å². The van der Waals surface area contributed by atoms with E-state index in [0.717, 1.165) is 34.9 Å². The Kier molecular flexibility index (Phi) is 5.26. The van der Waals surface area contributed by atoms with Gasteiger partial charge in [-0.3, -0.25) is 9.69 Å². The summed E-state index contributed by atoms with van der Waals surface area (Å²) in [6.07, 6.45) is 5.45. The van der Waals surface area contributed by atoms with Crippen molar-refractivity contribution < 1.29 is 9.47 Å². The van der Waals surface area contributed by atoms with Gasteiger partial charge in [0.2, 0.25) is 0 Å². The summed E-state index contributed by atoms with van der Waals surface area (Å²) in [4.78, 5) is 30.5. The van der Waals surface area contributed by atoms with Crippen molar-refractivity contribution in [3.63, 3.8) is 0 Å². The van der Waals surface area contributed by atoms with Crippen molar-refractivity contribution >= 4 is 0 Å².